The van der Waals surface area contributed by atoms with Gasteiger partial charge in [-0.2, -0.15) is 0 Å². The van der Waals surface area contributed by atoms with Gasteiger partial charge in [-0.3, -0.25) is 14.5 Å². The van der Waals surface area contributed by atoms with Crippen molar-refractivity contribution in [1.29, 1.82) is 0 Å². The van der Waals surface area contributed by atoms with Gasteiger partial charge in [-0.05, 0) is 54.1 Å². The Labute approximate surface area is 192 Å². The van der Waals surface area contributed by atoms with E-state index >= 15 is 0 Å². The smallest absolute Gasteiger partial charge is 0.251 e. The number of carbonyl (C=O) groups is 2. The first-order chi connectivity index (χ1) is 15.7. The molecular weight excluding hydrogens is 444 g/mol. The summed E-state index contributed by atoms with van der Waals surface area (Å²) in [7, 11) is -2.20. The van der Waals surface area contributed by atoms with Gasteiger partial charge in [0, 0.05) is 37.8 Å². The highest BCUT2D eigenvalue weighted by Gasteiger charge is 2.13. The second-order valence-corrected chi connectivity index (χ2v) is 9.00. The minimum absolute atomic E-state index is 0.0208. The fourth-order valence-corrected chi connectivity index (χ4v) is 3.73. The molecule has 1 heterocycles. The molecule has 0 spiro atoms. The first kappa shape index (κ1) is 24.2. The van der Waals surface area contributed by atoms with E-state index in [9.17, 15) is 18.0 Å². The zero-order chi connectivity index (χ0) is 23.8. The Morgan fingerprint density at radius 2 is 1.70 bits per heavy atom. The minimum Gasteiger partial charge on any atom is -0.468 e. The molecule has 0 bridgehead atoms. The molecule has 0 aliphatic rings. The number of carbonyl (C=O) groups excluding carboxylic acids is 2. The Kier molecular flexibility index (Phi) is 7.99. The van der Waals surface area contributed by atoms with Crippen molar-refractivity contribution in [3.05, 3.63) is 83.8 Å². The van der Waals surface area contributed by atoms with Gasteiger partial charge in [0.2, 0.25) is 15.9 Å². The molecule has 2 amide bonds. The number of sulfonamides is 1. The van der Waals surface area contributed by atoms with Crippen molar-refractivity contribution in [2.24, 2.45) is 5.14 Å². The predicted molar refractivity (Wildman–Crippen MR) is 124 cm³/mol. The zero-order valence-electron chi connectivity index (χ0n) is 18.2. The number of anilines is 1. The summed E-state index contributed by atoms with van der Waals surface area (Å²) in [6.07, 6.45) is 1.82. The van der Waals surface area contributed by atoms with E-state index in [0.717, 1.165) is 11.3 Å². The van der Waals surface area contributed by atoms with Crippen LogP contribution in [0.2, 0.25) is 0 Å². The predicted octanol–water partition coefficient (Wildman–Crippen LogP) is 2.32. The second kappa shape index (κ2) is 10.9. The molecule has 2 aromatic carbocycles. The van der Waals surface area contributed by atoms with Crippen LogP contribution in [0, 0.1) is 0 Å². The molecule has 9 nitrogen and oxygen atoms in total. The molecule has 1 aromatic heterocycles. The summed E-state index contributed by atoms with van der Waals surface area (Å²) < 4.78 is 28.2. The molecule has 0 aliphatic carbocycles. The maximum Gasteiger partial charge on any atom is 0.251 e. The molecular formula is C23H26N4O5S. The van der Waals surface area contributed by atoms with Crippen LogP contribution in [-0.4, -0.2) is 38.7 Å². The lowest BCUT2D eigenvalue weighted by molar-refractivity contribution is -0.116. The quantitative estimate of drug-likeness (QED) is 0.416. The molecule has 0 radical (unpaired) electrons. The number of nitrogens with one attached hydrogen (secondary N) is 2. The fraction of sp³-hybridized carbons (Fsp3) is 0.217. The lowest BCUT2D eigenvalue weighted by atomic mass is 10.1. The molecule has 0 saturated heterocycles. The second-order valence-electron chi connectivity index (χ2n) is 7.43. The van der Waals surface area contributed by atoms with E-state index in [-0.39, 0.29) is 23.1 Å². The van der Waals surface area contributed by atoms with Crippen LogP contribution in [0.4, 0.5) is 5.69 Å². The van der Waals surface area contributed by atoms with Crippen molar-refractivity contribution in [2.45, 2.75) is 24.4 Å². The van der Waals surface area contributed by atoms with E-state index in [1.54, 1.807) is 25.4 Å². The molecule has 3 rings (SSSR count). The lowest BCUT2D eigenvalue weighted by Gasteiger charge is -2.21. The van der Waals surface area contributed by atoms with Crippen molar-refractivity contribution in [3.8, 4) is 0 Å². The van der Waals surface area contributed by atoms with Gasteiger partial charge in [0.05, 0.1) is 17.7 Å². The van der Waals surface area contributed by atoms with Gasteiger partial charge in [-0.25, -0.2) is 13.6 Å². The summed E-state index contributed by atoms with van der Waals surface area (Å²) in [5.74, 6) is 0.413. The number of hydrogen-bond donors (Lipinski definition) is 3. The highest BCUT2D eigenvalue weighted by atomic mass is 32.2. The summed E-state index contributed by atoms with van der Waals surface area (Å²) in [4.78, 5) is 26.2. The van der Waals surface area contributed by atoms with Gasteiger partial charge in [0.15, 0.2) is 0 Å². The van der Waals surface area contributed by atoms with Gasteiger partial charge in [-0.15, -0.1) is 0 Å². The number of benzene rings is 2. The van der Waals surface area contributed by atoms with Crippen LogP contribution in [0.1, 0.15) is 28.1 Å². The maximum atomic E-state index is 12.5. The third-order valence-corrected chi connectivity index (χ3v) is 5.86. The summed E-state index contributed by atoms with van der Waals surface area (Å²) in [5.41, 5.74) is 2.05. The number of hydrogen-bond acceptors (Lipinski definition) is 6. The molecule has 0 atom stereocenters. The summed E-state index contributed by atoms with van der Waals surface area (Å²) in [6, 6.07) is 16.6. The number of primary sulfonamides is 1. The SMILES string of the molecule is CNC(=O)c1ccc(CN(CCC(=O)Nc2ccc(S(N)(=O)=O)cc2)Cc2ccco2)cc1. The van der Waals surface area contributed by atoms with Gasteiger partial charge < -0.3 is 15.1 Å². The van der Waals surface area contributed by atoms with Crippen molar-refractivity contribution >= 4 is 27.5 Å². The third kappa shape index (κ3) is 7.28. The van der Waals surface area contributed by atoms with Crippen LogP contribution in [0.5, 0.6) is 0 Å². The molecule has 174 valence electrons. The number of amides is 2. The van der Waals surface area contributed by atoms with Crippen LogP contribution in [-0.2, 0) is 27.9 Å². The molecule has 0 aliphatic heterocycles. The van der Waals surface area contributed by atoms with Gasteiger partial charge in [-0.1, -0.05) is 12.1 Å². The first-order valence-electron chi connectivity index (χ1n) is 10.2. The monoisotopic (exact) mass is 470 g/mol. The first-order valence-corrected chi connectivity index (χ1v) is 11.8. The van der Waals surface area contributed by atoms with Crippen LogP contribution < -0.4 is 15.8 Å². The van der Waals surface area contributed by atoms with E-state index in [1.807, 2.05) is 24.3 Å². The van der Waals surface area contributed by atoms with Gasteiger partial charge in [0.1, 0.15) is 5.76 Å². The van der Waals surface area contributed by atoms with Crippen molar-refractivity contribution in [3.63, 3.8) is 0 Å². The number of nitrogens with zero attached hydrogens (tertiary/aromatic N) is 1. The Morgan fingerprint density at radius 1 is 1.00 bits per heavy atom. The Balaban J connectivity index is 1.61. The maximum absolute atomic E-state index is 12.5. The highest BCUT2D eigenvalue weighted by molar-refractivity contribution is 7.89. The van der Waals surface area contributed by atoms with E-state index in [0.29, 0.717) is 30.9 Å². The normalized spacial score (nSPS) is 11.4. The van der Waals surface area contributed by atoms with Crippen LogP contribution in [0.25, 0.3) is 0 Å². The van der Waals surface area contributed by atoms with E-state index in [4.69, 9.17) is 9.56 Å². The Morgan fingerprint density at radius 3 is 2.27 bits per heavy atom. The van der Waals surface area contributed by atoms with Crippen LogP contribution in [0.3, 0.4) is 0 Å². The average molecular weight is 471 g/mol. The lowest BCUT2D eigenvalue weighted by Crippen LogP contribution is -2.27. The van der Waals surface area contributed by atoms with Gasteiger partial charge in [0.25, 0.3) is 5.91 Å². The van der Waals surface area contributed by atoms with E-state index in [2.05, 4.69) is 15.5 Å². The fourth-order valence-electron chi connectivity index (χ4n) is 3.21. The van der Waals surface area contributed by atoms with Crippen LogP contribution in [0.15, 0.2) is 76.2 Å². The minimum atomic E-state index is -3.78. The third-order valence-electron chi connectivity index (χ3n) is 4.93. The molecule has 33 heavy (non-hydrogen) atoms. The Hall–Kier alpha value is -3.47. The number of furan rings is 1. The number of nitrogens with two attached hydrogens (primary N) is 1. The van der Waals surface area contributed by atoms with E-state index in [1.165, 1.54) is 24.3 Å². The Bertz CT molecular complexity index is 1170. The molecule has 3 aromatic rings. The highest BCUT2D eigenvalue weighted by Crippen LogP contribution is 2.15. The van der Waals surface area contributed by atoms with Crippen molar-refractivity contribution in [1.82, 2.24) is 10.2 Å². The molecule has 0 saturated carbocycles. The van der Waals surface area contributed by atoms with Crippen molar-refractivity contribution in [2.75, 3.05) is 18.9 Å². The molecule has 0 fully saturated rings. The molecule has 10 heteroatoms. The van der Waals surface area contributed by atoms with Crippen molar-refractivity contribution < 1.29 is 22.4 Å². The largest absolute Gasteiger partial charge is 0.468 e. The zero-order valence-corrected chi connectivity index (χ0v) is 19.0. The van der Waals surface area contributed by atoms with Crippen LogP contribution >= 0.6 is 0 Å². The topological polar surface area (TPSA) is 135 Å². The average Bonchev–Trinajstić information content (AvgIpc) is 3.30. The van der Waals surface area contributed by atoms with Gasteiger partial charge >= 0.3 is 0 Å². The number of rotatable bonds is 10. The van der Waals surface area contributed by atoms with E-state index < -0.39 is 10.0 Å². The molecule has 4 N–H and O–H groups in total. The standard InChI is InChI=1S/C23H26N4O5S/c1-25-23(29)18-6-4-17(5-7-18)15-27(16-20-3-2-14-32-20)13-12-22(28)26-19-8-10-21(11-9-19)33(24,30)31/h2-11,14H,12-13,15-16H2,1H3,(H,25,29)(H,26,28)(H2,24,30,31). The summed E-state index contributed by atoms with van der Waals surface area (Å²) in [5, 5.41) is 10.4. The summed E-state index contributed by atoms with van der Waals surface area (Å²) in [6.45, 7) is 1.53. The molecule has 0 unspecified atom stereocenters. The summed E-state index contributed by atoms with van der Waals surface area (Å²) >= 11 is 0.